The lowest BCUT2D eigenvalue weighted by molar-refractivity contribution is -0.151. The van der Waals surface area contributed by atoms with Crippen LogP contribution < -0.4 is 4.72 Å². The summed E-state index contributed by atoms with van der Waals surface area (Å²) in [5.74, 6) is -0.829. The van der Waals surface area contributed by atoms with Crippen LogP contribution in [0.1, 0.15) is 58.0 Å². The highest BCUT2D eigenvalue weighted by Crippen LogP contribution is 2.46. The van der Waals surface area contributed by atoms with E-state index in [2.05, 4.69) is 10.1 Å². The number of carboxylic acids is 1. The van der Waals surface area contributed by atoms with Crippen LogP contribution in [0.2, 0.25) is 10.0 Å². The molecule has 0 spiro atoms. The van der Waals surface area contributed by atoms with E-state index in [1.165, 1.54) is 26.8 Å². The number of hydrogen-bond acceptors (Lipinski definition) is 9. The number of ether oxygens (including phenoxy) is 1. The van der Waals surface area contributed by atoms with Crippen LogP contribution >= 0.6 is 34.5 Å². The van der Waals surface area contributed by atoms with Crippen molar-refractivity contribution < 1.29 is 40.8 Å². The van der Waals surface area contributed by atoms with Crippen molar-refractivity contribution in [3.05, 3.63) is 33.8 Å². The zero-order valence-corrected chi connectivity index (χ0v) is 26.7. The maximum Gasteiger partial charge on any atom is 0.404 e. The summed E-state index contributed by atoms with van der Waals surface area (Å²) < 4.78 is 78.4. The molecule has 2 aromatic heterocycles. The molecule has 0 aliphatic heterocycles. The molecule has 0 radical (unpaired) electrons. The minimum absolute atomic E-state index is 0.0220. The number of hydrogen-bond donors (Lipinski definition) is 2. The Bertz CT molecular complexity index is 1620. The Balaban J connectivity index is 1.76. The predicted octanol–water partition coefficient (Wildman–Crippen LogP) is 6.55. The molecule has 1 aliphatic carbocycles. The van der Waals surface area contributed by atoms with Crippen molar-refractivity contribution in [2.75, 3.05) is 7.11 Å². The molecule has 1 aliphatic rings. The highest BCUT2D eigenvalue weighted by Gasteiger charge is 2.42. The van der Waals surface area contributed by atoms with Crippen molar-refractivity contribution in [2.24, 2.45) is 5.41 Å². The van der Waals surface area contributed by atoms with E-state index < -0.39 is 55.6 Å². The smallest absolute Gasteiger partial charge is 0.404 e. The van der Waals surface area contributed by atoms with Crippen molar-refractivity contribution in [1.29, 1.82) is 0 Å². The van der Waals surface area contributed by atoms with Gasteiger partial charge < -0.3 is 14.4 Å². The molecule has 0 bridgehead atoms. The van der Waals surface area contributed by atoms with Gasteiger partial charge in [0.15, 0.2) is 5.01 Å². The summed E-state index contributed by atoms with van der Waals surface area (Å²) in [4.78, 5) is 20.5. The maximum atomic E-state index is 13.3. The van der Waals surface area contributed by atoms with Gasteiger partial charge in [-0.05, 0) is 45.6 Å². The standard InChI is InChI=1S/C26H29Cl2F3N4O6S2/c1-5-16(26(29,30)31)35-43(38,39)15-8-7-13(18(27)19(15)28)20-14(11-25(40-4)9-6-10-25)32-22(42-20)21-33-17(41-34-21)12-24(2,3)23(36)37/h7-8,16,35H,5-6,9-12H2,1-4H3,(H,36,37). The van der Waals surface area contributed by atoms with Gasteiger partial charge in [0.1, 0.15) is 10.9 Å². The average molecular weight is 686 g/mol. The van der Waals surface area contributed by atoms with Gasteiger partial charge in [-0.3, -0.25) is 4.79 Å². The second kappa shape index (κ2) is 12.2. The van der Waals surface area contributed by atoms with E-state index in [0.29, 0.717) is 27.6 Å². The summed E-state index contributed by atoms with van der Waals surface area (Å²) in [7, 11) is -3.09. The summed E-state index contributed by atoms with van der Waals surface area (Å²) >= 11 is 14.1. The molecule has 1 atom stereocenters. The van der Waals surface area contributed by atoms with E-state index in [1.54, 1.807) is 11.8 Å². The molecular weight excluding hydrogens is 656 g/mol. The quantitative estimate of drug-likeness (QED) is 0.217. The molecule has 1 unspecified atom stereocenters. The molecule has 2 N–H and O–H groups in total. The molecule has 2 heterocycles. The lowest BCUT2D eigenvalue weighted by Gasteiger charge is -2.40. The lowest BCUT2D eigenvalue weighted by Crippen LogP contribution is -2.44. The second-order valence-electron chi connectivity index (χ2n) is 11.0. The summed E-state index contributed by atoms with van der Waals surface area (Å²) in [6.45, 7) is 4.26. The molecule has 1 saturated carbocycles. The number of carboxylic acid groups (broad SMARTS) is 1. The third kappa shape index (κ3) is 7.01. The van der Waals surface area contributed by atoms with Crippen molar-refractivity contribution in [3.63, 3.8) is 0 Å². The molecule has 10 nitrogen and oxygen atoms in total. The van der Waals surface area contributed by atoms with Crippen LogP contribution in [-0.2, 0) is 32.4 Å². The number of aliphatic carboxylic acids is 1. The fraction of sp³-hybridized carbons (Fsp3) is 0.538. The molecule has 3 aromatic rings. The Kier molecular flexibility index (Phi) is 9.56. The summed E-state index contributed by atoms with van der Waals surface area (Å²) in [6, 6.07) is 0.139. The number of methoxy groups -OCH3 is 1. The van der Waals surface area contributed by atoms with E-state index >= 15 is 0 Å². The number of halogens is 5. The van der Waals surface area contributed by atoms with E-state index in [4.69, 9.17) is 37.4 Å². The van der Waals surface area contributed by atoms with E-state index in [9.17, 15) is 31.5 Å². The van der Waals surface area contributed by atoms with Crippen molar-refractivity contribution in [3.8, 4) is 21.3 Å². The van der Waals surface area contributed by atoms with Crippen LogP contribution in [0, 0.1) is 5.41 Å². The Morgan fingerprint density at radius 1 is 1.23 bits per heavy atom. The first-order valence-electron chi connectivity index (χ1n) is 13.1. The zero-order valence-electron chi connectivity index (χ0n) is 23.5. The Morgan fingerprint density at radius 2 is 1.91 bits per heavy atom. The fourth-order valence-electron chi connectivity index (χ4n) is 4.52. The third-order valence-electron chi connectivity index (χ3n) is 7.40. The normalized spacial score (nSPS) is 16.2. The first-order chi connectivity index (χ1) is 19.9. The first-order valence-corrected chi connectivity index (χ1v) is 16.2. The molecule has 1 aromatic carbocycles. The maximum absolute atomic E-state index is 13.3. The number of aromatic nitrogens is 3. The minimum Gasteiger partial charge on any atom is -0.481 e. The molecule has 17 heteroatoms. The van der Waals surface area contributed by atoms with Crippen molar-refractivity contribution >= 4 is 50.5 Å². The first kappa shape index (κ1) is 33.6. The molecule has 1 fully saturated rings. The largest absolute Gasteiger partial charge is 0.481 e. The van der Waals surface area contributed by atoms with Crippen LogP contribution in [0.5, 0.6) is 0 Å². The number of rotatable bonds is 12. The summed E-state index contributed by atoms with van der Waals surface area (Å²) in [6.07, 6.45) is -2.47. The number of thiazole rings is 1. The molecule has 43 heavy (non-hydrogen) atoms. The molecule has 4 rings (SSSR count). The molecule has 236 valence electrons. The van der Waals surface area contributed by atoms with Gasteiger partial charge in [0.25, 0.3) is 0 Å². The number of nitrogens with zero attached hydrogens (tertiary/aromatic N) is 3. The number of benzene rings is 1. The Morgan fingerprint density at radius 3 is 2.44 bits per heavy atom. The van der Waals surface area contributed by atoms with Gasteiger partial charge in [0, 0.05) is 25.5 Å². The monoisotopic (exact) mass is 684 g/mol. The van der Waals surface area contributed by atoms with Crippen molar-refractivity contribution in [2.45, 2.75) is 82.0 Å². The topological polar surface area (TPSA) is 145 Å². The number of alkyl halides is 3. The SMILES string of the molecule is CCC(NS(=O)(=O)c1ccc(-c2sc(-c3noc(CC(C)(C)C(=O)O)n3)nc2CC2(OC)CCC2)c(Cl)c1Cl)C(F)(F)F. The van der Waals surface area contributed by atoms with Gasteiger partial charge in [-0.15, -0.1) is 11.3 Å². The van der Waals surface area contributed by atoms with Gasteiger partial charge in [0.05, 0.1) is 31.6 Å². The summed E-state index contributed by atoms with van der Waals surface area (Å²) in [5.41, 5.74) is -0.803. The molecule has 0 saturated heterocycles. The van der Waals surface area contributed by atoms with E-state index in [0.717, 1.165) is 36.7 Å². The average Bonchev–Trinajstić information content (AvgIpc) is 3.52. The summed E-state index contributed by atoms with van der Waals surface area (Å²) in [5, 5.41) is 13.1. The van der Waals surface area contributed by atoms with Gasteiger partial charge in [-0.1, -0.05) is 41.3 Å². The van der Waals surface area contributed by atoms with E-state index in [-0.39, 0.29) is 23.2 Å². The molecular formula is C26H29Cl2F3N4O6S2. The zero-order chi connectivity index (χ0) is 32.0. The highest BCUT2D eigenvalue weighted by molar-refractivity contribution is 7.89. The van der Waals surface area contributed by atoms with E-state index in [1.807, 2.05) is 0 Å². The lowest BCUT2D eigenvalue weighted by atomic mass is 9.76. The van der Waals surface area contributed by atoms with Crippen LogP contribution in [0.15, 0.2) is 21.6 Å². The van der Waals surface area contributed by atoms with Crippen LogP contribution in [0.3, 0.4) is 0 Å². The Hall–Kier alpha value is -2.30. The fourth-order valence-corrected chi connectivity index (χ4v) is 7.79. The predicted molar refractivity (Wildman–Crippen MR) is 154 cm³/mol. The number of nitrogens with one attached hydrogen (secondary N) is 1. The van der Waals surface area contributed by atoms with Crippen LogP contribution in [0.4, 0.5) is 13.2 Å². The highest BCUT2D eigenvalue weighted by atomic mass is 35.5. The van der Waals surface area contributed by atoms with Crippen molar-refractivity contribution in [1.82, 2.24) is 19.8 Å². The number of carbonyl (C=O) groups is 1. The van der Waals surface area contributed by atoms with Gasteiger partial charge in [-0.25, -0.2) is 13.4 Å². The minimum atomic E-state index is -4.80. The second-order valence-corrected chi connectivity index (χ2v) is 14.4. The number of sulfonamides is 1. The van der Waals surface area contributed by atoms with Crippen LogP contribution in [0.25, 0.3) is 21.3 Å². The van der Waals surface area contributed by atoms with Crippen LogP contribution in [-0.4, -0.2) is 59.5 Å². The van der Waals surface area contributed by atoms with Gasteiger partial charge in [0.2, 0.25) is 21.7 Å². The van der Waals surface area contributed by atoms with Gasteiger partial charge >= 0.3 is 12.1 Å². The Labute approximate surface area is 260 Å². The molecule has 0 amide bonds. The van der Waals surface area contributed by atoms with Gasteiger partial charge in [-0.2, -0.15) is 22.9 Å². The third-order valence-corrected chi connectivity index (χ3v) is 11.0.